The summed E-state index contributed by atoms with van der Waals surface area (Å²) in [4.78, 5) is 4.36. The summed E-state index contributed by atoms with van der Waals surface area (Å²) >= 11 is 3.27. The van der Waals surface area contributed by atoms with E-state index in [-0.39, 0.29) is 23.2 Å². The quantitative estimate of drug-likeness (QED) is 0.779. The third-order valence-electron chi connectivity index (χ3n) is 3.98. The summed E-state index contributed by atoms with van der Waals surface area (Å²) in [6.07, 6.45) is 2.66. The number of nitrogens with two attached hydrogens (primary N) is 2. The fraction of sp³-hybridized carbons (Fsp3) is 0.385. The second kappa shape index (κ2) is 6.14. The lowest BCUT2D eigenvalue weighted by atomic mass is 9.77. The first kappa shape index (κ1) is 18.3. The fourth-order valence-corrected chi connectivity index (χ4v) is 3.93. The lowest BCUT2D eigenvalue weighted by Gasteiger charge is -2.34. The molecule has 1 fully saturated rings. The van der Waals surface area contributed by atoms with Crippen LogP contribution in [0.3, 0.4) is 0 Å². The molecule has 1 saturated carbocycles. The predicted molar refractivity (Wildman–Crippen MR) is 90.5 cm³/mol. The fourth-order valence-electron chi connectivity index (χ4n) is 2.49. The molecule has 0 atom stereocenters. The van der Waals surface area contributed by atoms with E-state index in [9.17, 15) is 8.42 Å². The van der Waals surface area contributed by atoms with Crippen LogP contribution in [0.1, 0.15) is 30.7 Å². The van der Waals surface area contributed by atoms with Gasteiger partial charge in [0.05, 0.1) is 10.4 Å². The number of hydrogen-bond donors (Lipinski definition) is 2. The maximum absolute atomic E-state index is 11.7. The summed E-state index contributed by atoms with van der Waals surface area (Å²) in [5.41, 5.74) is 6.61. The minimum atomic E-state index is -3.85. The van der Waals surface area contributed by atoms with Gasteiger partial charge in [0.1, 0.15) is 0 Å². The number of halogens is 2. The number of sulfonamides is 1. The second-order valence-corrected chi connectivity index (χ2v) is 8.00. The van der Waals surface area contributed by atoms with Gasteiger partial charge in [0.2, 0.25) is 10.0 Å². The molecule has 0 amide bonds. The molecule has 10 heteroatoms. The van der Waals surface area contributed by atoms with Gasteiger partial charge in [0.15, 0.2) is 5.82 Å². The first-order valence-electron chi connectivity index (χ1n) is 6.67. The van der Waals surface area contributed by atoms with Crippen molar-refractivity contribution in [2.75, 3.05) is 0 Å². The maximum atomic E-state index is 11.7. The molecule has 1 heterocycles. The van der Waals surface area contributed by atoms with Crippen LogP contribution in [0.5, 0.6) is 0 Å². The third kappa shape index (κ3) is 3.29. The summed E-state index contributed by atoms with van der Waals surface area (Å²) < 4.78 is 29.2. The van der Waals surface area contributed by atoms with Gasteiger partial charge in [0, 0.05) is 10.0 Å². The van der Waals surface area contributed by atoms with Crippen molar-refractivity contribution < 1.29 is 12.9 Å². The van der Waals surface area contributed by atoms with E-state index >= 15 is 0 Å². The average molecular weight is 424 g/mol. The number of hydrogen-bond acceptors (Lipinski definition) is 6. The van der Waals surface area contributed by atoms with Gasteiger partial charge in [-0.25, -0.2) is 13.6 Å². The van der Waals surface area contributed by atoms with Crippen molar-refractivity contribution in [1.82, 2.24) is 10.1 Å². The zero-order chi connectivity index (χ0) is 16.1. The largest absolute Gasteiger partial charge is 0.334 e. The normalized spacial score (nSPS) is 16.5. The van der Waals surface area contributed by atoms with E-state index in [1.54, 1.807) is 13.0 Å². The van der Waals surface area contributed by atoms with Gasteiger partial charge < -0.3 is 10.3 Å². The van der Waals surface area contributed by atoms with Crippen molar-refractivity contribution in [1.29, 1.82) is 0 Å². The topological polar surface area (TPSA) is 125 Å². The Hall–Kier alpha value is -1.000. The van der Waals surface area contributed by atoms with Crippen LogP contribution in [0.15, 0.2) is 26.0 Å². The van der Waals surface area contributed by atoms with E-state index in [4.69, 9.17) is 15.4 Å². The monoisotopic (exact) mass is 422 g/mol. The van der Waals surface area contributed by atoms with Gasteiger partial charge in [-0.05, 0) is 43.9 Å². The molecule has 0 aliphatic heterocycles. The highest BCUT2D eigenvalue weighted by Gasteiger charge is 2.39. The Morgan fingerprint density at radius 3 is 2.52 bits per heavy atom. The van der Waals surface area contributed by atoms with Crippen LogP contribution < -0.4 is 10.9 Å². The molecule has 7 nitrogen and oxygen atoms in total. The van der Waals surface area contributed by atoms with Crippen LogP contribution in [0.25, 0.3) is 11.5 Å². The molecule has 0 saturated heterocycles. The van der Waals surface area contributed by atoms with Gasteiger partial charge in [-0.15, -0.1) is 12.4 Å². The van der Waals surface area contributed by atoms with E-state index in [2.05, 4.69) is 26.1 Å². The zero-order valence-electron chi connectivity index (χ0n) is 12.2. The molecule has 3 rings (SSSR count). The Balaban J connectivity index is 0.00000192. The second-order valence-electron chi connectivity index (χ2n) is 5.55. The van der Waals surface area contributed by atoms with Crippen LogP contribution in [0.2, 0.25) is 0 Å². The van der Waals surface area contributed by atoms with Crippen molar-refractivity contribution in [3.05, 3.63) is 28.0 Å². The number of nitrogens with zero attached hydrogens (tertiary/aromatic N) is 2. The van der Waals surface area contributed by atoms with Crippen LogP contribution in [0, 0.1) is 6.92 Å². The van der Waals surface area contributed by atoms with Crippen LogP contribution >= 0.6 is 28.3 Å². The molecule has 0 unspecified atom stereocenters. The molecule has 1 aliphatic carbocycles. The molecule has 0 spiro atoms. The molecule has 1 aliphatic rings. The predicted octanol–water partition coefficient (Wildman–Crippen LogP) is 2.21. The van der Waals surface area contributed by atoms with E-state index in [1.165, 1.54) is 6.07 Å². The summed E-state index contributed by atoms with van der Waals surface area (Å²) in [6.45, 7) is 1.65. The Labute approximate surface area is 148 Å². The Kier molecular flexibility index (Phi) is 4.89. The maximum Gasteiger partial charge on any atom is 0.258 e. The molecule has 126 valence electrons. The number of benzene rings is 1. The molecular formula is C13H16BrClN4O3S. The van der Waals surface area contributed by atoms with Crippen molar-refractivity contribution in [3.8, 4) is 11.5 Å². The first-order chi connectivity index (χ1) is 10.2. The Bertz CT molecular complexity index is 849. The highest BCUT2D eigenvalue weighted by molar-refractivity contribution is 9.10. The Morgan fingerprint density at radius 1 is 1.35 bits per heavy atom. The Morgan fingerprint density at radius 2 is 2.00 bits per heavy atom. The van der Waals surface area contributed by atoms with E-state index in [0.717, 1.165) is 19.3 Å². The van der Waals surface area contributed by atoms with Gasteiger partial charge in [-0.2, -0.15) is 4.98 Å². The number of rotatable bonds is 3. The minimum Gasteiger partial charge on any atom is -0.334 e. The molecule has 1 aromatic carbocycles. The van der Waals surface area contributed by atoms with Gasteiger partial charge >= 0.3 is 0 Å². The zero-order valence-corrected chi connectivity index (χ0v) is 15.5. The highest BCUT2D eigenvalue weighted by Crippen LogP contribution is 2.38. The molecule has 1 aromatic heterocycles. The van der Waals surface area contributed by atoms with Crippen molar-refractivity contribution >= 4 is 38.4 Å². The summed E-state index contributed by atoms with van der Waals surface area (Å²) in [5.74, 6) is 0.681. The molecule has 0 bridgehead atoms. The molecule has 23 heavy (non-hydrogen) atoms. The summed E-state index contributed by atoms with van der Waals surface area (Å²) in [6, 6.07) is 3.16. The standard InChI is InChI=1S/C13H15BrN4O3S.ClH/c1-7-9(5-8(14)6-10(7)22(16,19)20)11-17-12(18-21-11)13(15)3-2-4-13;/h5-6H,2-4,15H2,1H3,(H2,16,19,20);1H. The van der Waals surface area contributed by atoms with Crippen LogP contribution in [0.4, 0.5) is 0 Å². The number of aromatic nitrogens is 2. The summed E-state index contributed by atoms with van der Waals surface area (Å²) in [7, 11) is -3.85. The SMILES string of the molecule is Cc1c(-c2nc(C3(N)CCC3)no2)cc(Br)cc1S(N)(=O)=O.Cl. The van der Waals surface area contributed by atoms with Crippen molar-refractivity contribution in [2.24, 2.45) is 10.9 Å². The lowest BCUT2D eigenvalue weighted by molar-refractivity contribution is 0.229. The number of primary sulfonamides is 1. The summed E-state index contributed by atoms with van der Waals surface area (Å²) in [5, 5.41) is 9.19. The minimum absolute atomic E-state index is 0. The van der Waals surface area contributed by atoms with Gasteiger partial charge in [-0.1, -0.05) is 21.1 Å². The van der Waals surface area contributed by atoms with Gasteiger partial charge in [0.25, 0.3) is 5.89 Å². The smallest absolute Gasteiger partial charge is 0.258 e. The average Bonchev–Trinajstić information content (AvgIpc) is 2.86. The highest BCUT2D eigenvalue weighted by atomic mass is 79.9. The van der Waals surface area contributed by atoms with E-state index in [1.807, 2.05) is 0 Å². The van der Waals surface area contributed by atoms with E-state index < -0.39 is 15.6 Å². The molecular weight excluding hydrogens is 408 g/mol. The van der Waals surface area contributed by atoms with E-state index in [0.29, 0.717) is 21.4 Å². The third-order valence-corrected chi connectivity index (χ3v) is 5.47. The van der Waals surface area contributed by atoms with Crippen LogP contribution in [-0.2, 0) is 15.6 Å². The molecule has 0 radical (unpaired) electrons. The molecule has 2 aromatic rings. The van der Waals surface area contributed by atoms with Crippen LogP contribution in [-0.4, -0.2) is 18.6 Å². The molecule has 4 N–H and O–H groups in total. The van der Waals surface area contributed by atoms with Crippen molar-refractivity contribution in [3.63, 3.8) is 0 Å². The lowest BCUT2D eigenvalue weighted by Crippen LogP contribution is -2.44. The van der Waals surface area contributed by atoms with Gasteiger partial charge in [-0.3, -0.25) is 0 Å². The first-order valence-corrected chi connectivity index (χ1v) is 9.01. The van der Waals surface area contributed by atoms with Crippen molar-refractivity contribution in [2.45, 2.75) is 36.6 Å².